The highest BCUT2D eigenvalue weighted by molar-refractivity contribution is 8.09. The highest BCUT2D eigenvalue weighted by atomic mass is 32.2. The van der Waals surface area contributed by atoms with Gasteiger partial charge in [0.25, 0.3) is 5.91 Å². The van der Waals surface area contributed by atoms with E-state index in [2.05, 4.69) is 32.9 Å². The first-order chi connectivity index (χ1) is 15.7. The van der Waals surface area contributed by atoms with Crippen LogP contribution in [0.15, 0.2) is 65.9 Å². The number of methoxy groups -OCH3 is 2. The molecule has 2 atom stereocenters. The van der Waals surface area contributed by atoms with Crippen molar-refractivity contribution in [1.82, 2.24) is 0 Å². The summed E-state index contributed by atoms with van der Waals surface area (Å²) >= 11 is 1.29. The van der Waals surface area contributed by atoms with Crippen LogP contribution in [0.1, 0.15) is 31.9 Å². The molecule has 0 saturated heterocycles. The molecule has 7 heteroatoms. The third kappa shape index (κ3) is 4.13. The number of hydrogen-bond acceptors (Lipinski definition) is 6. The van der Waals surface area contributed by atoms with Crippen molar-refractivity contribution in [3.05, 3.63) is 77.1 Å². The van der Waals surface area contributed by atoms with Crippen molar-refractivity contribution in [2.75, 3.05) is 19.1 Å². The summed E-state index contributed by atoms with van der Waals surface area (Å²) in [5.74, 6) is -0.801. The average Bonchev–Trinajstić information content (AvgIpc) is 3.07. The standard InChI is InChI=1S/C26H27NO5S/c1-26(2,3)16-8-6-15(7-9-16)20-14-19-21(23(33-20)25(30)32-5)22(28)24(29)27(19)17-10-12-18(31-4)13-11-17/h6-14,19,23,28H,1-5H3. The summed E-state index contributed by atoms with van der Waals surface area (Å²) in [6.45, 7) is 6.46. The maximum absolute atomic E-state index is 13.1. The van der Waals surface area contributed by atoms with Gasteiger partial charge in [-0.05, 0) is 46.9 Å². The minimum absolute atomic E-state index is 0.0197. The molecule has 172 valence electrons. The predicted molar refractivity (Wildman–Crippen MR) is 130 cm³/mol. The van der Waals surface area contributed by atoms with E-state index in [9.17, 15) is 14.7 Å². The summed E-state index contributed by atoms with van der Waals surface area (Å²) in [6, 6.07) is 14.6. The number of carbonyl (C=O) groups is 2. The van der Waals surface area contributed by atoms with Crippen LogP contribution >= 0.6 is 11.8 Å². The van der Waals surface area contributed by atoms with Gasteiger partial charge in [0, 0.05) is 16.2 Å². The highest BCUT2D eigenvalue weighted by Gasteiger charge is 2.48. The molecular weight excluding hydrogens is 438 g/mol. The number of rotatable bonds is 4. The van der Waals surface area contributed by atoms with Gasteiger partial charge in [-0.1, -0.05) is 45.0 Å². The van der Waals surface area contributed by atoms with Crippen LogP contribution in [0.4, 0.5) is 5.69 Å². The largest absolute Gasteiger partial charge is 0.503 e. The topological polar surface area (TPSA) is 76.1 Å². The zero-order chi connectivity index (χ0) is 23.9. The van der Waals surface area contributed by atoms with Crippen LogP contribution in [-0.4, -0.2) is 42.5 Å². The fourth-order valence-corrected chi connectivity index (χ4v) is 5.37. The maximum Gasteiger partial charge on any atom is 0.323 e. The SMILES string of the molecule is COC(=O)C1SC(c2ccc(C(C)(C)C)cc2)=CC2C1=C(O)C(=O)N2c1ccc(OC)cc1. The van der Waals surface area contributed by atoms with E-state index in [0.29, 0.717) is 17.0 Å². The number of aliphatic hydroxyl groups is 1. The molecule has 2 aromatic carbocycles. The fraction of sp³-hybridized carbons (Fsp3) is 0.308. The van der Waals surface area contributed by atoms with E-state index in [1.807, 2.05) is 18.2 Å². The van der Waals surface area contributed by atoms with Gasteiger partial charge in [-0.25, -0.2) is 0 Å². The molecule has 0 aromatic heterocycles. The summed E-state index contributed by atoms with van der Waals surface area (Å²) in [6.07, 6.45) is 1.93. The van der Waals surface area contributed by atoms with E-state index < -0.39 is 28.9 Å². The predicted octanol–water partition coefficient (Wildman–Crippen LogP) is 4.85. The van der Waals surface area contributed by atoms with Crippen LogP contribution in [-0.2, 0) is 19.7 Å². The van der Waals surface area contributed by atoms with Gasteiger partial charge in [-0.2, -0.15) is 0 Å². The van der Waals surface area contributed by atoms with Gasteiger partial charge in [0.2, 0.25) is 0 Å². The lowest BCUT2D eigenvalue weighted by atomic mass is 9.86. The third-order valence-corrected chi connectivity index (χ3v) is 7.24. The van der Waals surface area contributed by atoms with Crippen molar-refractivity contribution in [3.8, 4) is 5.75 Å². The lowest BCUT2D eigenvalue weighted by Gasteiger charge is -2.31. The van der Waals surface area contributed by atoms with Gasteiger partial charge in [0.05, 0.1) is 20.3 Å². The Morgan fingerprint density at radius 2 is 1.67 bits per heavy atom. The molecule has 0 saturated carbocycles. The number of ether oxygens (including phenoxy) is 2. The molecule has 0 spiro atoms. The summed E-state index contributed by atoms with van der Waals surface area (Å²) in [5, 5.41) is 9.91. The molecule has 2 unspecified atom stereocenters. The number of aliphatic hydroxyl groups excluding tert-OH is 1. The Balaban J connectivity index is 1.80. The van der Waals surface area contributed by atoms with E-state index in [1.54, 1.807) is 31.4 Å². The Labute approximate surface area is 197 Å². The molecule has 2 aliphatic heterocycles. The van der Waals surface area contributed by atoms with Crippen molar-refractivity contribution < 1.29 is 24.2 Å². The quantitative estimate of drug-likeness (QED) is 0.651. The molecule has 1 N–H and O–H groups in total. The van der Waals surface area contributed by atoms with Crippen molar-refractivity contribution in [2.45, 2.75) is 37.5 Å². The molecule has 33 heavy (non-hydrogen) atoms. The third-order valence-electron chi connectivity index (χ3n) is 5.93. The minimum atomic E-state index is -0.825. The van der Waals surface area contributed by atoms with E-state index in [0.717, 1.165) is 10.5 Å². The van der Waals surface area contributed by atoms with E-state index in [-0.39, 0.29) is 5.41 Å². The number of benzene rings is 2. The first kappa shape index (κ1) is 23.0. The summed E-state index contributed by atoms with van der Waals surface area (Å²) in [4.78, 5) is 28.1. The molecular formula is C26H27NO5S. The Hall–Kier alpha value is -3.19. The van der Waals surface area contributed by atoms with E-state index >= 15 is 0 Å². The van der Waals surface area contributed by atoms with Crippen molar-refractivity contribution in [2.24, 2.45) is 0 Å². The monoisotopic (exact) mass is 465 g/mol. The van der Waals surface area contributed by atoms with Crippen molar-refractivity contribution in [3.63, 3.8) is 0 Å². The number of nitrogens with zero attached hydrogens (tertiary/aromatic N) is 1. The molecule has 0 bridgehead atoms. The van der Waals surface area contributed by atoms with Crippen LogP contribution in [0, 0.1) is 0 Å². The Kier molecular flexibility index (Phi) is 6.01. The number of hydrogen-bond donors (Lipinski definition) is 1. The highest BCUT2D eigenvalue weighted by Crippen LogP contribution is 2.47. The molecule has 6 nitrogen and oxygen atoms in total. The van der Waals surface area contributed by atoms with Gasteiger partial charge < -0.3 is 14.6 Å². The van der Waals surface area contributed by atoms with Gasteiger partial charge in [-0.3, -0.25) is 14.5 Å². The minimum Gasteiger partial charge on any atom is -0.503 e. The molecule has 2 aromatic rings. The molecule has 0 aliphatic carbocycles. The average molecular weight is 466 g/mol. The van der Waals surface area contributed by atoms with Crippen LogP contribution in [0.3, 0.4) is 0 Å². The van der Waals surface area contributed by atoms with E-state index in [4.69, 9.17) is 9.47 Å². The van der Waals surface area contributed by atoms with Crippen LogP contribution < -0.4 is 9.64 Å². The number of carbonyl (C=O) groups excluding carboxylic acids is 2. The summed E-state index contributed by atoms with van der Waals surface area (Å²) < 4.78 is 10.2. The van der Waals surface area contributed by atoms with E-state index in [1.165, 1.54) is 29.3 Å². The first-order valence-corrected chi connectivity index (χ1v) is 11.5. The Bertz CT molecular complexity index is 1140. The van der Waals surface area contributed by atoms with Gasteiger partial charge in [-0.15, -0.1) is 11.8 Å². The van der Waals surface area contributed by atoms with Gasteiger partial charge in [0.1, 0.15) is 11.0 Å². The van der Waals surface area contributed by atoms with Crippen molar-refractivity contribution >= 4 is 34.2 Å². The van der Waals surface area contributed by atoms with Crippen LogP contribution in [0.25, 0.3) is 4.91 Å². The second-order valence-electron chi connectivity index (χ2n) is 9.00. The lowest BCUT2D eigenvalue weighted by Crippen LogP contribution is -2.39. The maximum atomic E-state index is 13.1. The second-order valence-corrected chi connectivity index (χ2v) is 10.1. The van der Waals surface area contributed by atoms with Gasteiger partial charge >= 0.3 is 5.97 Å². The lowest BCUT2D eigenvalue weighted by molar-refractivity contribution is -0.139. The van der Waals surface area contributed by atoms with Crippen LogP contribution in [0.5, 0.6) is 5.75 Å². The number of fused-ring (bicyclic) bond motifs is 1. The summed E-state index contributed by atoms with van der Waals surface area (Å²) in [5.41, 5.74) is 3.11. The number of esters is 1. The molecule has 2 heterocycles. The fourth-order valence-electron chi connectivity index (χ4n) is 4.06. The number of thioether (sulfide) groups is 1. The molecule has 4 rings (SSSR count). The van der Waals surface area contributed by atoms with Crippen molar-refractivity contribution in [1.29, 1.82) is 0 Å². The number of amides is 1. The molecule has 1 amide bonds. The summed E-state index contributed by atoms with van der Waals surface area (Å²) in [7, 11) is 2.88. The normalized spacial score (nSPS) is 20.5. The Morgan fingerprint density at radius 3 is 2.21 bits per heavy atom. The van der Waals surface area contributed by atoms with Gasteiger partial charge in [0.15, 0.2) is 5.76 Å². The second kappa shape index (κ2) is 8.63. The molecule has 0 radical (unpaired) electrons. The number of anilines is 1. The zero-order valence-corrected chi connectivity index (χ0v) is 20.1. The van der Waals surface area contributed by atoms with Crippen LogP contribution in [0.2, 0.25) is 0 Å². The molecule has 0 fully saturated rings. The first-order valence-electron chi connectivity index (χ1n) is 10.6. The molecule has 2 aliphatic rings. The zero-order valence-electron chi connectivity index (χ0n) is 19.3. The smallest absolute Gasteiger partial charge is 0.323 e. The Morgan fingerprint density at radius 1 is 1.03 bits per heavy atom.